The van der Waals surface area contributed by atoms with Crippen molar-refractivity contribution in [3.05, 3.63) is 47.9 Å². The Balaban J connectivity index is 1.48. The normalized spacial score (nSPS) is 14.0. The summed E-state index contributed by atoms with van der Waals surface area (Å²) in [7, 11) is 0. The molecule has 1 saturated carbocycles. The summed E-state index contributed by atoms with van der Waals surface area (Å²) in [6, 6.07) is 5.85. The number of hydrogen-bond donors (Lipinski definition) is 1. The van der Waals surface area contributed by atoms with Crippen LogP contribution < -0.4 is 5.32 Å². The van der Waals surface area contributed by atoms with E-state index in [1.165, 1.54) is 18.4 Å². The highest BCUT2D eigenvalue weighted by molar-refractivity contribution is 7.10. The van der Waals surface area contributed by atoms with Crippen LogP contribution in [0.4, 0.5) is 9.52 Å². The predicted molar refractivity (Wildman–Crippen MR) is 81.7 cm³/mol. The number of amides is 1. The molecule has 4 rings (SSSR count). The van der Waals surface area contributed by atoms with Gasteiger partial charge in [0, 0.05) is 23.0 Å². The van der Waals surface area contributed by atoms with Crippen molar-refractivity contribution in [1.82, 2.24) is 14.3 Å². The maximum atomic E-state index is 12.9. The van der Waals surface area contributed by atoms with Crippen molar-refractivity contribution in [2.45, 2.75) is 18.8 Å². The van der Waals surface area contributed by atoms with Gasteiger partial charge in [-0.3, -0.25) is 10.1 Å². The van der Waals surface area contributed by atoms with E-state index < -0.39 is 0 Å². The first-order valence-electron chi connectivity index (χ1n) is 7.05. The number of oxazole rings is 1. The molecule has 1 aromatic carbocycles. The molecule has 2 heterocycles. The lowest BCUT2D eigenvalue weighted by atomic mass is 10.2. The maximum Gasteiger partial charge on any atom is 0.279 e. The zero-order valence-corrected chi connectivity index (χ0v) is 12.6. The van der Waals surface area contributed by atoms with E-state index in [-0.39, 0.29) is 17.4 Å². The van der Waals surface area contributed by atoms with Gasteiger partial charge >= 0.3 is 0 Å². The van der Waals surface area contributed by atoms with Crippen molar-refractivity contribution in [2.75, 3.05) is 5.32 Å². The SMILES string of the molecule is O=C(Nc1nc(-c2ccc(F)cc2)ns1)c1coc(C2CC2)n1. The van der Waals surface area contributed by atoms with Crippen molar-refractivity contribution in [2.24, 2.45) is 0 Å². The van der Waals surface area contributed by atoms with E-state index in [2.05, 4.69) is 19.7 Å². The molecule has 1 N–H and O–H groups in total. The number of nitrogens with one attached hydrogen (secondary N) is 1. The van der Waals surface area contributed by atoms with E-state index in [1.807, 2.05) is 0 Å². The van der Waals surface area contributed by atoms with Crippen LogP contribution in [0.15, 0.2) is 34.9 Å². The fourth-order valence-electron chi connectivity index (χ4n) is 2.06. The van der Waals surface area contributed by atoms with Gasteiger partial charge in [-0.15, -0.1) is 0 Å². The van der Waals surface area contributed by atoms with Crippen molar-refractivity contribution < 1.29 is 13.6 Å². The Labute approximate surface area is 134 Å². The summed E-state index contributed by atoms with van der Waals surface area (Å²) in [4.78, 5) is 20.5. The second-order valence-corrected chi connectivity index (χ2v) is 5.98. The molecule has 0 spiro atoms. The molecule has 1 aliphatic rings. The Kier molecular flexibility index (Phi) is 3.38. The number of halogens is 1. The van der Waals surface area contributed by atoms with Crippen LogP contribution in [0.25, 0.3) is 11.4 Å². The smallest absolute Gasteiger partial charge is 0.279 e. The van der Waals surface area contributed by atoms with E-state index in [1.54, 1.807) is 12.1 Å². The van der Waals surface area contributed by atoms with Crippen molar-refractivity contribution >= 4 is 22.6 Å². The van der Waals surface area contributed by atoms with Gasteiger partial charge in [0.2, 0.25) is 5.13 Å². The van der Waals surface area contributed by atoms with Crippen molar-refractivity contribution in [3.63, 3.8) is 0 Å². The first kappa shape index (κ1) is 14.0. The van der Waals surface area contributed by atoms with Gasteiger partial charge in [0.15, 0.2) is 17.4 Å². The monoisotopic (exact) mass is 330 g/mol. The minimum absolute atomic E-state index is 0.227. The van der Waals surface area contributed by atoms with Crippen LogP contribution in [0.5, 0.6) is 0 Å². The van der Waals surface area contributed by atoms with Gasteiger partial charge in [-0.05, 0) is 37.1 Å². The summed E-state index contributed by atoms with van der Waals surface area (Å²) in [5.74, 6) is 0.684. The lowest BCUT2D eigenvalue weighted by Crippen LogP contribution is -2.12. The average molecular weight is 330 g/mol. The van der Waals surface area contributed by atoms with Crippen LogP contribution >= 0.6 is 11.5 Å². The summed E-state index contributed by atoms with van der Waals surface area (Å²) in [5, 5.41) is 2.99. The number of carbonyl (C=O) groups is 1. The Bertz CT molecular complexity index is 855. The molecule has 0 saturated heterocycles. The summed E-state index contributed by atoms with van der Waals surface area (Å²) in [6.07, 6.45) is 3.46. The van der Waals surface area contributed by atoms with Crippen LogP contribution in [-0.2, 0) is 0 Å². The van der Waals surface area contributed by atoms with Gasteiger partial charge in [0.05, 0.1) is 0 Å². The highest BCUT2D eigenvalue weighted by Crippen LogP contribution is 2.39. The van der Waals surface area contributed by atoms with E-state index in [9.17, 15) is 9.18 Å². The fourth-order valence-corrected chi connectivity index (χ4v) is 2.65. The standard InChI is InChI=1S/C15H11FN4O2S/c16-10-5-3-8(4-6-10)12-18-15(23-20-12)19-13(21)11-7-22-14(17-11)9-1-2-9/h3-7,9H,1-2H2,(H,18,19,20,21). The topological polar surface area (TPSA) is 80.9 Å². The molecule has 23 heavy (non-hydrogen) atoms. The van der Waals surface area contributed by atoms with E-state index in [0.717, 1.165) is 24.4 Å². The van der Waals surface area contributed by atoms with Crippen molar-refractivity contribution in [3.8, 4) is 11.4 Å². The molecule has 0 unspecified atom stereocenters. The summed E-state index contributed by atoms with van der Waals surface area (Å²) < 4.78 is 22.4. The number of nitrogens with zero attached hydrogens (tertiary/aromatic N) is 3. The van der Waals surface area contributed by atoms with E-state index >= 15 is 0 Å². The first-order valence-corrected chi connectivity index (χ1v) is 7.83. The molecule has 1 amide bonds. The van der Waals surface area contributed by atoms with E-state index in [0.29, 0.717) is 28.3 Å². The minimum Gasteiger partial charge on any atom is -0.448 e. The lowest BCUT2D eigenvalue weighted by Gasteiger charge is -1.96. The molecular weight excluding hydrogens is 319 g/mol. The molecule has 1 aliphatic carbocycles. The molecule has 116 valence electrons. The Morgan fingerprint density at radius 2 is 2.04 bits per heavy atom. The third kappa shape index (κ3) is 2.98. The van der Waals surface area contributed by atoms with Crippen molar-refractivity contribution in [1.29, 1.82) is 0 Å². The van der Waals surface area contributed by atoms with Gasteiger partial charge in [-0.2, -0.15) is 9.36 Å². The second-order valence-electron chi connectivity index (χ2n) is 5.23. The zero-order chi connectivity index (χ0) is 15.8. The van der Waals surface area contributed by atoms with Crippen LogP contribution in [-0.4, -0.2) is 20.2 Å². The quantitative estimate of drug-likeness (QED) is 0.792. The molecule has 0 aliphatic heterocycles. The zero-order valence-electron chi connectivity index (χ0n) is 11.8. The highest BCUT2D eigenvalue weighted by atomic mass is 32.1. The largest absolute Gasteiger partial charge is 0.448 e. The number of benzene rings is 1. The van der Waals surface area contributed by atoms with Gasteiger partial charge in [0.1, 0.15) is 12.1 Å². The Morgan fingerprint density at radius 3 is 2.78 bits per heavy atom. The average Bonchev–Trinajstić information content (AvgIpc) is 3.10. The van der Waals surface area contributed by atoms with Crippen LogP contribution in [0.2, 0.25) is 0 Å². The number of hydrogen-bond acceptors (Lipinski definition) is 6. The lowest BCUT2D eigenvalue weighted by molar-refractivity contribution is 0.102. The van der Waals surface area contributed by atoms with Gasteiger partial charge in [0.25, 0.3) is 5.91 Å². The molecule has 0 radical (unpaired) electrons. The van der Waals surface area contributed by atoms with Crippen LogP contribution in [0.3, 0.4) is 0 Å². The Morgan fingerprint density at radius 1 is 1.26 bits per heavy atom. The summed E-state index contributed by atoms with van der Waals surface area (Å²) >= 11 is 1.05. The molecule has 2 aromatic heterocycles. The number of carbonyl (C=O) groups excluding carboxylic acids is 1. The maximum absolute atomic E-state index is 12.9. The Hall–Kier alpha value is -2.61. The third-order valence-corrected chi connectivity index (χ3v) is 4.06. The molecule has 1 fully saturated rings. The van der Waals surface area contributed by atoms with Gasteiger partial charge in [-0.25, -0.2) is 9.37 Å². The van der Waals surface area contributed by atoms with Gasteiger partial charge < -0.3 is 4.42 Å². The van der Waals surface area contributed by atoms with Crippen LogP contribution in [0.1, 0.15) is 35.1 Å². The summed E-state index contributed by atoms with van der Waals surface area (Å²) in [6.45, 7) is 0. The molecule has 3 aromatic rings. The molecular formula is C15H11FN4O2S. The van der Waals surface area contributed by atoms with E-state index in [4.69, 9.17) is 4.42 Å². The molecule has 0 bridgehead atoms. The fraction of sp³-hybridized carbons (Fsp3) is 0.200. The summed E-state index contributed by atoms with van der Waals surface area (Å²) in [5.41, 5.74) is 0.908. The predicted octanol–water partition coefficient (Wildman–Crippen LogP) is 3.46. The second kappa shape index (κ2) is 5.54. The highest BCUT2D eigenvalue weighted by Gasteiger charge is 2.29. The third-order valence-electron chi connectivity index (χ3n) is 3.43. The molecule has 0 atom stereocenters. The number of aromatic nitrogens is 3. The first-order chi connectivity index (χ1) is 11.2. The number of anilines is 1. The number of rotatable bonds is 4. The van der Waals surface area contributed by atoms with Crippen LogP contribution in [0, 0.1) is 5.82 Å². The minimum atomic E-state index is -0.387. The van der Waals surface area contributed by atoms with Gasteiger partial charge in [-0.1, -0.05) is 0 Å². The molecule has 6 nitrogen and oxygen atoms in total. The molecule has 8 heteroatoms.